The molecule has 1 aliphatic rings. The van der Waals surface area contributed by atoms with Crippen molar-refractivity contribution in [1.82, 2.24) is 20.3 Å². The maximum Gasteiger partial charge on any atom is 0.119 e. The Hall–Kier alpha value is -1.59. The number of nitrogens with one attached hydrogen (secondary N) is 1. The van der Waals surface area contributed by atoms with Gasteiger partial charge >= 0.3 is 0 Å². The normalized spacial score (nSPS) is 14.3. The van der Waals surface area contributed by atoms with E-state index in [1.165, 1.54) is 12.8 Å². The van der Waals surface area contributed by atoms with Crippen LogP contribution in [0.15, 0.2) is 30.5 Å². The van der Waals surface area contributed by atoms with Crippen LogP contribution in [0, 0.1) is 0 Å². The molecule has 1 saturated carbocycles. The summed E-state index contributed by atoms with van der Waals surface area (Å²) >= 11 is 5.83. The highest BCUT2D eigenvalue weighted by molar-refractivity contribution is 6.30. The van der Waals surface area contributed by atoms with E-state index in [0.29, 0.717) is 12.6 Å². The highest BCUT2D eigenvalue weighted by atomic mass is 35.5. The van der Waals surface area contributed by atoms with Gasteiger partial charge in [0, 0.05) is 36.8 Å². The molecule has 5 nitrogen and oxygen atoms in total. The van der Waals surface area contributed by atoms with Crippen LogP contribution >= 0.6 is 11.6 Å². The largest absolute Gasteiger partial charge is 0.494 e. The first-order valence-electron chi connectivity index (χ1n) is 7.30. The van der Waals surface area contributed by atoms with Crippen LogP contribution < -0.4 is 10.1 Å². The molecular formula is C15H19ClN4O. The van der Waals surface area contributed by atoms with Gasteiger partial charge in [-0.15, -0.1) is 5.10 Å². The molecule has 0 atom stereocenters. The van der Waals surface area contributed by atoms with Gasteiger partial charge in [0.2, 0.25) is 0 Å². The van der Waals surface area contributed by atoms with E-state index in [1.54, 1.807) is 0 Å². The summed E-state index contributed by atoms with van der Waals surface area (Å²) in [5, 5.41) is 12.4. The monoisotopic (exact) mass is 306 g/mol. The first-order valence-corrected chi connectivity index (χ1v) is 7.68. The molecule has 3 rings (SSSR count). The first kappa shape index (κ1) is 14.4. The van der Waals surface area contributed by atoms with Crippen LogP contribution in [-0.2, 0) is 13.1 Å². The number of rotatable bonds is 8. The van der Waals surface area contributed by atoms with E-state index in [0.717, 1.165) is 36.0 Å². The fourth-order valence-electron chi connectivity index (χ4n) is 2.01. The summed E-state index contributed by atoms with van der Waals surface area (Å²) in [6, 6.07) is 8.10. The lowest BCUT2D eigenvalue weighted by molar-refractivity contribution is 0.298. The predicted octanol–water partition coefficient (Wildman–Crippen LogP) is 2.65. The molecule has 2 aromatic rings. The molecule has 0 bridgehead atoms. The number of aryl methyl sites for hydroxylation is 1. The molecule has 0 saturated heterocycles. The second-order valence-corrected chi connectivity index (χ2v) is 5.72. The zero-order chi connectivity index (χ0) is 14.5. The average Bonchev–Trinajstić information content (AvgIpc) is 3.22. The summed E-state index contributed by atoms with van der Waals surface area (Å²) in [7, 11) is 0. The van der Waals surface area contributed by atoms with Gasteiger partial charge < -0.3 is 10.1 Å². The average molecular weight is 307 g/mol. The highest BCUT2D eigenvalue weighted by Gasteiger charge is 2.20. The van der Waals surface area contributed by atoms with Crippen molar-refractivity contribution in [1.29, 1.82) is 0 Å². The number of hydrogen-bond donors (Lipinski definition) is 1. The van der Waals surface area contributed by atoms with Crippen LogP contribution in [0.2, 0.25) is 5.02 Å². The number of nitrogens with zero attached hydrogens (tertiary/aromatic N) is 3. The molecule has 1 N–H and O–H groups in total. The number of hydrogen-bond acceptors (Lipinski definition) is 4. The maximum atomic E-state index is 5.83. The Labute approximate surface area is 129 Å². The van der Waals surface area contributed by atoms with E-state index in [9.17, 15) is 0 Å². The van der Waals surface area contributed by atoms with Crippen molar-refractivity contribution in [3.63, 3.8) is 0 Å². The quantitative estimate of drug-likeness (QED) is 0.762. The van der Waals surface area contributed by atoms with E-state index in [2.05, 4.69) is 15.6 Å². The molecular weight excluding hydrogens is 288 g/mol. The molecule has 1 aromatic heterocycles. The van der Waals surface area contributed by atoms with Crippen molar-refractivity contribution in [2.24, 2.45) is 0 Å². The fourth-order valence-corrected chi connectivity index (χ4v) is 2.14. The molecule has 0 amide bonds. The molecule has 21 heavy (non-hydrogen) atoms. The van der Waals surface area contributed by atoms with Crippen molar-refractivity contribution in [2.45, 2.75) is 38.4 Å². The van der Waals surface area contributed by atoms with Crippen molar-refractivity contribution >= 4 is 11.6 Å². The minimum atomic E-state index is 0.650. The minimum absolute atomic E-state index is 0.650. The van der Waals surface area contributed by atoms with E-state index in [4.69, 9.17) is 16.3 Å². The first-order chi connectivity index (χ1) is 10.3. The molecule has 1 fully saturated rings. The second kappa shape index (κ2) is 6.91. The number of benzene rings is 1. The van der Waals surface area contributed by atoms with Gasteiger partial charge in [0.1, 0.15) is 5.75 Å². The van der Waals surface area contributed by atoms with Crippen molar-refractivity contribution in [3.05, 3.63) is 41.2 Å². The van der Waals surface area contributed by atoms with Gasteiger partial charge in [-0.05, 0) is 37.1 Å². The third-order valence-corrected chi connectivity index (χ3v) is 3.60. The van der Waals surface area contributed by atoms with Crippen LogP contribution in [-0.4, -0.2) is 27.6 Å². The van der Waals surface area contributed by atoms with Crippen molar-refractivity contribution in [3.8, 4) is 5.75 Å². The van der Waals surface area contributed by atoms with Crippen LogP contribution in [0.25, 0.3) is 0 Å². The molecule has 112 valence electrons. The molecule has 6 heteroatoms. The van der Waals surface area contributed by atoms with Gasteiger partial charge in [0.05, 0.1) is 12.3 Å². The van der Waals surface area contributed by atoms with Gasteiger partial charge in [-0.1, -0.05) is 16.8 Å². The third-order valence-electron chi connectivity index (χ3n) is 3.35. The Balaban J connectivity index is 1.35. The Bertz CT molecular complexity index is 565. The van der Waals surface area contributed by atoms with Gasteiger partial charge in [0.15, 0.2) is 0 Å². The lowest BCUT2D eigenvalue weighted by Gasteiger charge is -2.05. The summed E-state index contributed by atoms with van der Waals surface area (Å²) < 4.78 is 7.51. The van der Waals surface area contributed by atoms with Crippen LogP contribution in [0.3, 0.4) is 0 Å². The van der Waals surface area contributed by atoms with Crippen LogP contribution in [0.4, 0.5) is 0 Å². The van der Waals surface area contributed by atoms with Crippen molar-refractivity contribution < 1.29 is 4.74 Å². The smallest absolute Gasteiger partial charge is 0.119 e. The Morgan fingerprint density at radius 1 is 1.29 bits per heavy atom. The van der Waals surface area contributed by atoms with E-state index in [-0.39, 0.29) is 0 Å². The number of halogens is 1. The van der Waals surface area contributed by atoms with Gasteiger partial charge in [-0.2, -0.15) is 0 Å². The third kappa shape index (κ3) is 4.72. The molecule has 0 radical (unpaired) electrons. The molecule has 1 aromatic carbocycles. The molecule has 0 unspecified atom stereocenters. The molecule has 1 heterocycles. The Kier molecular flexibility index (Phi) is 4.72. The maximum absolute atomic E-state index is 5.83. The van der Waals surface area contributed by atoms with E-state index >= 15 is 0 Å². The summed E-state index contributed by atoms with van der Waals surface area (Å²) in [6.45, 7) is 2.27. The Morgan fingerprint density at radius 3 is 2.86 bits per heavy atom. The fraction of sp³-hybridized carbons (Fsp3) is 0.467. The minimum Gasteiger partial charge on any atom is -0.494 e. The van der Waals surface area contributed by atoms with E-state index in [1.807, 2.05) is 35.1 Å². The zero-order valence-corrected chi connectivity index (χ0v) is 12.6. The van der Waals surface area contributed by atoms with Crippen molar-refractivity contribution in [2.75, 3.05) is 6.61 Å². The van der Waals surface area contributed by atoms with Gasteiger partial charge in [0.25, 0.3) is 0 Å². The number of aromatic nitrogens is 3. The predicted molar refractivity (Wildman–Crippen MR) is 81.4 cm³/mol. The Morgan fingerprint density at radius 2 is 2.10 bits per heavy atom. The second-order valence-electron chi connectivity index (χ2n) is 5.28. The highest BCUT2D eigenvalue weighted by Crippen LogP contribution is 2.19. The topological polar surface area (TPSA) is 52.0 Å². The zero-order valence-electron chi connectivity index (χ0n) is 11.8. The summed E-state index contributed by atoms with van der Waals surface area (Å²) in [4.78, 5) is 0. The SMILES string of the molecule is Clc1ccc(OCCCn2cc(CNC3CC3)nn2)cc1. The summed E-state index contributed by atoms with van der Waals surface area (Å²) in [5.74, 6) is 0.840. The van der Waals surface area contributed by atoms with Gasteiger partial charge in [-0.25, -0.2) is 0 Å². The summed E-state index contributed by atoms with van der Waals surface area (Å²) in [5.41, 5.74) is 1.00. The standard InChI is InChI=1S/C15H19ClN4O/c16-12-2-6-15(7-3-12)21-9-1-8-20-11-14(18-19-20)10-17-13-4-5-13/h2-3,6-7,11,13,17H,1,4-5,8-10H2. The van der Waals surface area contributed by atoms with Crippen LogP contribution in [0.1, 0.15) is 25.0 Å². The molecule has 0 spiro atoms. The van der Waals surface area contributed by atoms with Crippen LogP contribution in [0.5, 0.6) is 5.75 Å². The molecule has 0 aliphatic heterocycles. The lowest BCUT2D eigenvalue weighted by Crippen LogP contribution is -2.15. The van der Waals surface area contributed by atoms with E-state index < -0.39 is 0 Å². The van der Waals surface area contributed by atoms with Gasteiger partial charge in [-0.3, -0.25) is 4.68 Å². The lowest BCUT2D eigenvalue weighted by atomic mass is 10.3. The molecule has 1 aliphatic carbocycles. The number of ether oxygens (including phenoxy) is 1. The summed E-state index contributed by atoms with van der Waals surface area (Å²) in [6.07, 6.45) is 5.46.